The Morgan fingerprint density at radius 2 is 2.20 bits per heavy atom. The summed E-state index contributed by atoms with van der Waals surface area (Å²) in [5, 5.41) is 6.12. The average molecular weight is 346 g/mol. The van der Waals surface area contributed by atoms with Crippen LogP contribution in [0.25, 0.3) is 0 Å². The lowest BCUT2D eigenvalue weighted by molar-refractivity contribution is -0.114. The smallest absolute Gasteiger partial charge is 0.221 e. The molecule has 0 bridgehead atoms. The van der Waals surface area contributed by atoms with E-state index in [0.717, 1.165) is 37.0 Å². The van der Waals surface area contributed by atoms with Gasteiger partial charge in [0.05, 0.1) is 6.54 Å². The van der Waals surface area contributed by atoms with Crippen LogP contribution in [0.15, 0.2) is 29.3 Å². The van der Waals surface area contributed by atoms with Gasteiger partial charge in [-0.1, -0.05) is 19.9 Å². The molecule has 2 N–H and O–H groups in total. The van der Waals surface area contributed by atoms with Crippen molar-refractivity contribution in [3.63, 3.8) is 0 Å². The number of guanidine groups is 1. The Labute approximate surface area is 150 Å². The van der Waals surface area contributed by atoms with Gasteiger partial charge in [0.2, 0.25) is 5.91 Å². The summed E-state index contributed by atoms with van der Waals surface area (Å²) in [6, 6.07) is 7.40. The lowest BCUT2D eigenvalue weighted by Gasteiger charge is -2.23. The number of hydrogen-bond acceptors (Lipinski definition) is 3. The fourth-order valence-electron chi connectivity index (χ4n) is 2.90. The second kappa shape index (κ2) is 8.74. The van der Waals surface area contributed by atoms with Crippen molar-refractivity contribution < 1.29 is 9.53 Å². The Morgan fingerprint density at radius 1 is 1.40 bits per heavy atom. The molecule has 6 nitrogen and oxygen atoms in total. The molecule has 0 spiro atoms. The standard InChI is InChI=1S/C19H30N4O2/c1-5-20-18(23-11-9-19(3,4)14-23)21-10-12-25-17-8-6-7-16(13-17)22-15(2)24/h6-8,13H,5,9-12,14H2,1-4H3,(H,20,21)(H,22,24). The Balaban J connectivity index is 1.87. The van der Waals surface area contributed by atoms with Crippen molar-refractivity contribution >= 4 is 17.6 Å². The number of rotatable bonds is 6. The van der Waals surface area contributed by atoms with E-state index in [1.165, 1.54) is 13.3 Å². The third-order valence-electron chi connectivity index (χ3n) is 4.09. The first-order valence-corrected chi connectivity index (χ1v) is 8.93. The molecule has 1 aromatic carbocycles. The number of likely N-dealkylation sites (tertiary alicyclic amines) is 1. The van der Waals surface area contributed by atoms with E-state index >= 15 is 0 Å². The second-order valence-electron chi connectivity index (χ2n) is 7.13. The Morgan fingerprint density at radius 3 is 2.84 bits per heavy atom. The Bertz CT molecular complexity index is 613. The van der Waals surface area contributed by atoms with Crippen LogP contribution in [0.2, 0.25) is 0 Å². The number of carbonyl (C=O) groups is 1. The van der Waals surface area contributed by atoms with E-state index in [9.17, 15) is 4.79 Å². The zero-order valence-electron chi connectivity index (χ0n) is 15.8. The first-order valence-electron chi connectivity index (χ1n) is 8.93. The van der Waals surface area contributed by atoms with Gasteiger partial charge in [-0.2, -0.15) is 0 Å². The largest absolute Gasteiger partial charge is 0.492 e. The van der Waals surface area contributed by atoms with Crippen molar-refractivity contribution in [2.24, 2.45) is 10.4 Å². The molecule has 1 aliphatic rings. The van der Waals surface area contributed by atoms with Crippen molar-refractivity contribution in [2.45, 2.75) is 34.1 Å². The van der Waals surface area contributed by atoms with Gasteiger partial charge in [-0.3, -0.25) is 4.79 Å². The summed E-state index contributed by atoms with van der Waals surface area (Å²) in [7, 11) is 0. The van der Waals surface area contributed by atoms with E-state index in [2.05, 4.69) is 41.3 Å². The maximum atomic E-state index is 11.1. The van der Waals surface area contributed by atoms with Crippen LogP contribution in [0.1, 0.15) is 34.1 Å². The average Bonchev–Trinajstić information content (AvgIpc) is 2.90. The van der Waals surface area contributed by atoms with Crippen LogP contribution in [0, 0.1) is 5.41 Å². The zero-order valence-corrected chi connectivity index (χ0v) is 15.8. The van der Waals surface area contributed by atoms with Crippen molar-refractivity contribution in [1.82, 2.24) is 10.2 Å². The van der Waals surface area contributed by atoms with Crippen LogP contribution in [-0.2, 0) is 4.79 Å². The SMILES string of the molecule is CCNC(=NCCOc1cccc(NC(C)=O)c1)N1CCC(C)(C)C1. The summed E-state index contributed by atoms with van der Waals surface area (Å²) in [6.45, 7) is 12.2. The molecule has 0 aliphatic carbocycles. The van der Waals surface area contributed by atoms with Gasteiger partial charge in [0.15, 0.2) is 5.96 Å². The topological polar surface area (TPSA) is 66.0 Å². The number of benzene rings is 1. The fraction of sp³-hybridized carbons (Fsp3) is 0.579. The summed E-state index contributed by atoms with van der Waals surface area (Å²) >= 11 is 0. The number of carbonyl (C=O) groups excluding carboxylic acids is 1. The van der Waals surface area contributed by atoms with Gasteiger partial charge in [0.1, 0.15) is 12.4 Å². The van der Waals surface area contributed by atoms with E-state index in [0.29, 0.717) is 18.6 Å². The van der Waals surface area contributed by atoms with E-state index < -0.39 is 0 Å². The molecule has 6 heteroatoms. The van der Waals surface area contributed by atoms with Gasteiger partial charge in [0.25, 0.3) is 0 Å². The predicted octanol–water partition coefficient (Wildman–Crippen LogP) is 2.72. The lowest BCUT2D eigenvalue weighted by atomic mass is 9.93. The molecule has 0 atom stereocenters. The van der Waals surface area contributed by atoms with Gasteiger partial charge < -0.3 is 20.3 Å². The number of anilines is 1. The number of nitrogens with one attached hydrogen (secondary N) is 2. The molecule has 0 aromatic heterocycles. The third-order valence-corrected chi connectivity index (χ3v) is 4.09. The highest BCUT2D eigenvalue weighted by molar-refractivity contribution is 5.88. The monoisotopic (exact) mass is 346 g/mol. The van der Waals surface area contributed by atoms with E-state index in [1.54, 1.807) is 0 Å². The minimum absolute atomic E-state index is 0.0921. The Hall–Kier alpha value is -2.24. The molecule has 0 radical (unpaired) electrons. The molecular weight excluding hydrogens is 316 g/mol. The van der Waals surface area contributed by atoms with Crippen LogP contribution < -0.4 is 15.4 Å². The molecule has 1 saturated heterocycles. The van der Waals surface area contributed by atoms with Crippen molar-refractivity contribution in [1.29, 1.82) is 0 Å². The van der Waals surface area contributed by atoms with Gasteiger partial charge in [-0.15, -0.1) is 0 Å². The van der Waals surface area contributed by atoms with Gasteiger partial charge in [0, 0.05) is 38.3 Å². The predicted molar refractivity (Wildman–Crippen MR) is 102 cm³/mol. The summed E-state index contributed by atoms with van der Waals surface area (Å²) in [5.74, 6) is 1.60. The minimum atomic E-state index is -0.0921. The molecule has 2 rings (SSSR count). The van der Waals surface area contributed by atoms with E-state index in [4.69, 9.17) is 4.74 Å². The number of nitrogens with zero attached hydrogens (tertiary/aromatic N) is 2. The maximum absolute atomic E-state index is 11.1. The molecule has 1 heterocycles. The van der Waals surface area contributed by atoms with Crippen molar-refractivity contribution in [3.8, 4) is 5.75 Å². The number of amides is 1. The molecule has 25 heavy (non-hydrogen) atoms. The highest BCUT2D eigenvalue weighted by atomic mass is 16.5. The van der Waals surface area contributed by atoms with Crippen molar-refractivity contribution in [3.05, 3.63) is 24.3 Å². The zero-order chi connectivity index (χ0) is 18.3. The first kappa shape index (κ1) is 19.1. The van der Waals surface area contributed by atoms with Crippen LogP contribution in [0.3, 0.4) is 0 Å². The molecule has 1 aromatic rings. The summed E-state index contributed by atoms with van der Waals surface area (Å²) in [6.07, 6.45) is 1.18. The Kier molecular flexibility index (Phi) is 6.67. The summed E-state index contributed by atoms with van der Waals surface area (Å²) in [5.41, 5.74) is 1.08. The molecule has 138 valence electrons. The van der Waals surface area contributed by atoms with E-state index in [-0.39, 0.29) is 5.91 Å². The van der Waals surface area contributed by atoms with Crippen LogP contribution in [0.4, 0.5) is 5.69 Å². The molecular formula is C19H30N4O2. The second-order valence-corrected chi connectivity index (χ2v) is 7.13. The van der Waals surface area contributed by atoms with Crippen LogP contribution in [-0.4, -0.2) is 49.6 Å². The molecule has 1 amide bonds. The maximum Gasteiger partial charge on any atom is 0.221 e. The van der Waals surface area contributed by atoms with Gasteiger partial charge in [-0.25, -0.2) is 4.99 Å². The molecule has 1 fully saturated rings. The lowest BCUT2D eigenvalue weighted by Crippen LogP contribution is -2.41. The first-order chi connectivity index (χ1) is 11.9. The number of hydrogen-bond donors (Lipinski definition) is 2. The quantitative estimate of drug-likeness (QED) is 0.472. The minimum Gasteiger partial charge on any atom is -0.492 e. The molecule has 1 aliphatic heterocycles. The molecule has 0 saturated carbocycles. The normalized spacial score (nSPS) is 16.6. The van der Waals surface area contributed by atoms with Crippen LogP contribution in [0.5, 0.6) is 5.75 Å². The third kappa shape index (κ3) is 6.29. The highest BCUT2D eigenvalue weighted by Crippen LogP contribution is 2.28. The fourth-order valence-corrected chi connectivity index (χ4v) is 2.90. The van der Waals surface area contributed by atoms with Crippen LogP contribution >= 0.6 is 0 Å². The highest BCUT2D eigenvalue weighted by Gasteiger charge is 2.30. The number of aliphatic imine (C=N–C) groups is 1. The van der Waals surface area contributed by atoms with E-state index in [1.807, 2.05) is 24.3 Å². The van der Waals surface area contributed by atoms with Gasteiger partial charge in [-0.05, 0) is 30.9 Å². The number of ether oxygens (including phenoxy) is 1. The summed E-state index contributed by atoms with van der Waals surface area (Å²) < 4.78 is 5.76. The summed E-state index contributed by atoms with van der Waals surface area (Å²) in [4.78, 5) is 18.1. The molecule has 0 unspecified atom stereocenters. The van der Waals surface area contributed by atoms with Gasteiger partial charge >= 0.3 is 0 Å². The van der Waals surface area contributed by atoms with Crippen molar-refractivity contribution in [2.75, 3.05) is 38.1 Å².